The van der Waals surface area contributed by atoms with Gasteiger partial charge in [-0.2, -0.15) is 0 Å². The van der Waals surface area contributed by atoms with Crippen LogP contribution in [-0.2, 0) is 18.3 Å². The minimum atomic E-state index is -0.0754. The van der Waals surface area contributed by atoms with Crippen molar-refractivity contribution in [1.29, 1.82) is 0 Å². The van der Waals surface area contributed by atoms with Gasteiger partial charge in [0.05, 0.1) is 18.2 Å². The zero-order valence-electron chi connectivity index (χ0n) is 19.8. The number of fused-ring (bicyclic) bond motifs is 2. The lowest BCUT2D eigenvalue weighted by molar-refractivity contribution is -0.116. The molecule has 0 atom stereocenters. The normalized spacial score (nSPS) is 11.4. The van der Waals surface area contributed by atoms with E-state index in [1.165, 1.54) is 11.3 Å². The van der Waals surface area contributed by atoms with E-state index in [1.807, 2.05) is 45.3 Å². The molecule has 9 heteroatoms. The number of nitrogens with zero attached hydrogens (tertiary/aromatic N) is 4. The molecule has 0 fully saturated rings. The number of hydrogen-bond acceptors (Lipinski definition) is 6. The Hall–Kier alpha value is -3.72. The van der Waals surface area contributed by atoms with Crippen molar-refractivity contribution >= 4 is 44.3 Å². The molecule has 0 aliphatic carbocycles. The van der Waals surface area contributed by atoms with Gasteiger partial charge in [0.1, 0.15) is 0 Å². The molecule has 1 amide bonds. The lowest BCUT2D eigenvalue weighted by Gasteiger charge is -2.11. The summed E-state index contributed by atoms with van der Waals surface area (Å²) in [5, 5.41) is 12.0. The number of thiazole rings is 1. The second-order valence-electron chi connectivity index (χ2n) is 8.39. The zero-order valence-corrected chi connectivity index (χ0v) is 20.6. The van der Waals surface area contributed by atoms with Crippen LogP contribution >= 0.6 is 11.3 Å². The fourth-order valence-corrected chi connectivity index (χ4v) is 5.30. The number of anilines is 1. The van der Waals surface area contributed by atoms with Crippen LogP contribution in [0.1, 0.15) is 28.9 Å². The molecule has 0 saturated carbocycles. The Balaban J connectivity index is 1.33. The summed E-state index contributed by atoms with van der Waals surface area (Å²) in [5.41, 5.74) is 7.84. The number of carbonyl (C=O) groups excluding carboxylic acids is 1. The SMILES string of the molecule is COc1nn(C)c2nc(C)c(CCC(=O)Nc3nc(-c4c(C)[nH]c5ccccc45)cs3)c(C)c12. The summed E-state index contributed by atoms with van der Waals surface area (Å²) in [7, 11) is 3.46. The van der Waals surface area contributed by atoms with Crippen LogP contribution in [0.25, 0.3) is 33.2 Å². The topological polar surface area (TPSA) is 97.7 Å². The summed E-state index contributed by atoms with van der Waals surface area (Å²) in [6.45, 7) is 6.04. The van der Waals surface area contributed by atoms with Crippen molar-refractivity contribution in [2.75, 3.05) is 12.4 Å². The average molecular weight is 475 g/mol. The molecule has 0 unspecified atom stereocenters. The number of H-pyrrole nitrogens is 1. The molecule has 5 rings (SSSR count). The number of amides is 1. The van der Waals surface area contributed by atoms with Gasteiger partial charge in [-0.05, 0) is 44.4 Å². The fourth-order valence-electron chi connectivity index (χ4n) is 4.58. The Bertz CT molecular complexity index is 1540. The number of ether oxygens (including phenoxy) is 1. The third-order valence-electron chi connectivity index (χ3n) is 6.22. The number of rotatable bonds is 6. The molecule has 0 radical (unpaired) electrons. The number of benzene rings is 1. The largest absolute Gasteiger partial charge is 0.479 e. The van der Waals surface area contributed by atoms with E-state index in [2.05, 4.69) is 32.5 Å². The first-order valence-corrected chi connectivity index (χ1v) is 11.9. The minimum Gasteiger partial charge on any atom is -0.479 e. The maximum atomic E-state index is 12.8. The lowest BCUT2D eigenvalue weighted by Crippen LogP contribution is -2.13. The van der Waals surface area contributed by atoms with Crippen molar-refractivity contribution in [3.8, 4) is 17.1 Å². The third kappa shape index (κ3) is 3.71. The van der Waals surface area contributed by atoms with Crippen LogP contribution in [0.2, 0.25) is 0 Å². The van der Waals surface area contributed by atoms with Crippen molar-refractivity contribution < 1.29 is 9.53 Å². The van der Waals surface area contributed by atoms with Gasteiger partial charge >= 0.3 is 0 Å². The molecule has 0 bridgehead atoms. The van der Waals surface area contributed by atoms with E-state index in [9.17, 15) is 4.79 Å². The molecule has 4 heterocycles. The molecular formula is C25H26N6O2S. The number of para-hydroxylation sites is 1. The highest BCUT2D eigenvalue weighted by Crippen LogP contribution is 2.34. The molecule has 174 valence electrons. The van der Waals surface area contributed by atoms with Crippen LogP contribution in [-0.4, -0.2) is 37.7 Å². The highest BCUT2D eigenvalue weighted by molar-refractivity contribution is 7.14. The van der Waals surface area contributed by atoms with Crippen LogP contribution in [0.4, 0.5) is 5.13 Å². The predicted octanol–water partition coefficient (Wildman–Crippen LogP) is 5.08. The molecule has 4 aromatic heterocycles. The minimum absolute atomic E-state index is 0.0754. The van der Waals surface area contributed by atoms with Gasteiger partial charge in [-0.1, -0.05) is 18.2 Å². The number of aromatic nitrogens is 5. The van der Waals surface area contributed by atoms with Gasteiger partial charge in [-0.25, -0.2) is 14.6 Å². The molecule has 0 aliphatic heterocycles. The smallest absolute Gasteiger partial charge is 0.242 e. The van der Waals surface area contributed by atoms with Crippen molar-refractivity contribution in [1.82, 2.24) is 24.7 Å². The summed E-state index contributed by atoms with van der Waals surface area (Å²) in [6.07, 6.45) is 0.906. The lowest BCUT2D eigenvalue weighted by atomic mass is 10.00. The summed E-state index contributed by atoms with van der Waals surface area (Å²) >= 11 is 1.43. The molecule has 8 nitrogen and oxygen atoms in total. The maximum Gasteiger partial charge on any atom is 0.242 e. The van der Waals surface area contributed by atoms with E-state index >= 15 is 0 Å². The van der Waals surface area contributed by atoms with E-state index in [4.69, 9.17) is 9.72 Å². The van der Waals surface area contributed by atoms with E-state index in [1.54, 1.807) is 11.8 Å². The quantitative estimate of drug-likeness (QED) is 0.358. The number of carbonyl (C=O) groups is 1. The van der Waals surface area contributed by atoms with Crippen molar-refractivity contribution in [2.24, 2.45) is 7.05 Å². The fraction of sp³-hybridized carbons (Fsp3) is 0.280. The van der Waals surface area contributed by atoms with Crippen LogP contribution in [0.3, 0.4) is 0 Å². The van der Waals surface area contributed by atoms with Crippen LogP contribution in [0.5, 0.6) is 5.88 Å². The molecule has 0 saturated heterocycles. The monoisotopic (exact) mass is 474 g/mol. The Labute approximate surface area is 201 Å². The summed E-state index contributed by atoms with van der Waals surface area (Å²) in [4.78, 5) is 25.6. The highest BCUT2D eigenvalue weighted by atomic mass is 32.1. The van der Waals surface area contributed by atoms with Gasteiger partial charge in [0, 0.05) is 46.7 Å². The van der Waals surface area contributed by atoms with Crippen molar-refractivity contribution in [3.05, 3.63) is 52.2 Å². The van der Waals surface area contributed by atoms with E-state index in [0.717, 1.165) is 55.7 Å². The Morgan fingerprint density at radius 2 is 2.00 bits per heavy atom. The van der Waals surface area contributed by atoms with Gasteiger partial charge < -0.3 is 15.0 Å². The number of nitrogens with one attached hydrogen (secondary N) is 2. The van der Waals surface area contributed by atoms with Gasteiger partial charge in [0.2, 0.25) is 11.8 Å². The average Bonchev–Trinajstić information content (AvgIpc) is 3.48. The molecule has 0 aliphatic rings. The first kappa shape index (κ1) is 22.1. The van der Waals surface area contributed by atoms with E-state index in [-0.39, 0.29) is 5.91 Å². The van der Waals surface area contributed by atoms with Gasteiger partial charge in [0.25, 0.3) is 0 Å². The number of methoxy groups -OCH3 is 1. The second-order valence-corrected chi connectivity index (χ2v) is 9.25. The molecule has 2 N–H and O–H groups in total. The van der Waals surface area contributed by atoms with Gasteiger partial charge in [0.15, 0.2) is 10.8 Å². The van der Waals surface area contributed by atoms with Crippen LogP contribution in [0, 0.1) is 20.8 Å². The molecule has 5 aromatic rings. The number of aromatic amines is 1. The molecule has 34 heavy (non-hydrogen) atoms. The Kier molecular flexibility index (Phi) is 5.57. The first-order valence-electron chi connectivity index (χ1n) is 11.1. The van der Waals surface area contributed by atoms with E-state index in [0.29, 0.717) is 23.9 Å². The second kappa shape index (κ2) is 8.57. The van der Waals surface area contributed by atoms with Crippen molar-refractivity contribution in [3.63, 3.8) is 0 Å². The summed E-state index contributed by atoms with van der Waals surface area (Å²) in [6, 6.07) is 8.16. The van der Waals surface area contributed by atoms with E-state index < -0.39 is 0 Å². The summed E-state index contributed by atoms with van der Waals surface area (Å²) < 4.78 is 7.16. The Morgan fingerprint density at radius 1 is 1.21 bits per heavy atom. The number of pyridine rings is 1. The molecule has 0 spiro atoms. The molecular weight excluding hydrogens is 448 g/mol. The first-order chi connectivity index (χ1) is 16.4. The predicted molar refractivity (Wildman–Crippen MR) is 136 cm³/mol. The number of aryl methyl sites for hydroxylation is 4. The Morgan fingerprint density at radius 3 is 2.79 bits per heavy atom. The summed E-state index contributed by atoms with van der Waals surface area (Å²) in [5.74, 6) is 0.477. The van der Waals surface area contributed by atoms with Gasteiger partial charge in [-0.3, -0.25) is 4.79 Å². The maximum absolute atomic E-state index is 12.8. The zero-order chi connectivity index (χ0) is 24.0. The van der Waals surface area contributed by atoms with Crippen LogP contribution in [0.15, 0.2) is 29.6 Å². The highest BCUT2D eigenvalue weighted by Gasteiger charge is 2.19. The molecule has 1 aromatic carbocycles. The van der Waals surface area contributed by atoms with Crippen LogP contribution < -0.4 is 10.1 Å². The van der Waals surface area contributed by atoms with Gasteiger partial charge in [-0.15, -0.1) is 16.4 Å². The standard InChI is InChI=1S/C25H26N6O2S/c1-13-16(14(2)27-23-21(13)24(33-5)30-31(23)4)10-11-20(32)29-25-28-19(12-34-25)22-15(3)26-18-9-7-6-8-17(18)22/h6-9,12,26H,10-11H2,1-5H3,(H,28,29,32). The third-order valence-corrected chi connectivity index (χ3v) is 6.98. The van der Waals surface area contributed by atoms with Crippen molar-refractivity contribution in [2.45, 2.75) is 33.6 Å². The number of hydrogen-bond donors (Lipinski definition) is 2.